The van der Waals surface area contributed by atoms with Gasteiger partial charge in [0.2, 0.25) is 0 Å². The third-order valence-electron chi connectivity index (χ3n) is 3.60. The highest BCUT2D eigenvalue weighted by Crippen LogP contribution is 2.24. The summed E-state index contributed by atoms with van der Waals surface area (Å²) in [6.45, 7) is 6.47. The normalized spacial score (nSPS) is 11.3. The zero-order valence-corrected chi connectivity index (χ0v) is 14.6. The molecular weight excluding hydrogens is 310 g/mol. The molecule has 0 heterocycles. The third-order valence-corrected chi connectivity index (χ3v) is 4.96. The Morgan fingerprint density at radius 3 is 2.43 bits per heavy atom. The van der Waals surface area contributed by atoms with Crippen LogP contribution < -0.4 is 9.46 Å². The molecule has 0 bridgehead atoms. The van der Waals surface area contributed by atoms with Crippen molar-refractivity contribution in [1.29, 1.82) is 0 Å². The Balaban J connectivity index is 2.20. The highest BCUT2D eigenvalue weighted by Gasteiger charge is 2.16. The first-order valence-electron chi connectivity index (χ1n) is 7.76. The molecule has 5 heteroatoms. The molecule has 0 aromatic heterocycles. The number of sulfonamides is 1. The van der Waals surface area contributed by atoms with E-state index in [0.29, 0.717) is 12.3 Å². The molecule has 23 heavy (non-hydrogen) atoms. The van der Waals surface area contributed by atoms with E-state index >= 15 is 0 Å². The fourth-order valence-corrected chi connectivity index (χ4v) is 3.38. The predicted octanol–water partition coefficient (Wildman–Crippen LogP) is 4.28. The first-order valence-corrected chi connectivity index (χ1v) is 9.24. The number of benzene rings is 2. The number of nitrogens with one attached hydrogen (secondary N) is 1. The summed E-state index contributed by atoms with van der Waals surface area (Å²) in [6, 6.07) is 12.2. The fourth-order valence-electron chi connectivity index (χ4n) is 2.17. The molecule has 0 radical (unpaired) electrons. The number of hydrogen-bond donors (Lipinski definition) is 1. The summed E-state index contributed by atoms with van der Waals surface area (Å²) in [5, 5.41) is 0. The van der Waals surface area contributed by atoms with Crippen LogP contribution in [-0.4, -0.2) is 15.0 Å². The predicted molar refractivity (Wildman–Crippen MR) is 93.6 cm³/mol. The largest absolute Gasteiger partial charge is 0.493 e. The van der Waals surface area contributed by atoms with Crippen LogP contribution in [0, 0.1) is 13.8 Å². The lowest BCUT2D eigenvalue weighted by Crippen LogP contribution is -2.14. The molecule has 0 amide bonds. The van der Waals surface area contributed by atoms with Gasteiger partial charge in [0.05, 0.1) is 17.2 Å². The minimum atomic E-state index is -3.61. The van der Waals surface area contributed by atoms with Crippen LogP contribution in [-0.2, 0) is 10.0 Å². The summed E-state index contributed by atoms with van der Waals surface area (Å²) in [5.41, 5.74) is 2.29. The Morgan fingerprint density at radius 1 is 1.04 bits per heavy atom. The van der Waals surface area contributed by atoms with E-state index in [1.54, 1.807) is 30.3 Å². The Labute approximate surface area is 138 Å². The molecule has 0 unspecified atom stereocenters. The molecule has 1 N–H and O–H groups in total. The summed E-state index contributed by atoms with van der Waals surface area (Å²) in [4.78, 5) is 0.237. The van der Waals surface area contributed by atoms with Gasteiger partial charge >= 0.3 is 0 Å². The smallest absolute Gasteiger partial charge is 0.261 e. The average Bonchev–Trinajstić information content (AvgIpc) is 2.51. The topological polar surface area (TPSA) is 55.4 Å². The quantitative estimate of drug-likeness (QED) is 0.769. The molecule has 2 aromatic carbocycles. The van der Waals surface area contributed by atoms with Crippen LogP contribution in [0.25, 0.3) is 0 Å². The van der Waals surface area contributed by atoms with Crippen LogP contribution in [0.15, 0.2) is 47.4 Å². The molecular formula is C18H23NO3S. The highest BCUT2D eigenvalue weighted by atomic mass is 32.2. The molecule has 0 aliphatic heterocycles. The number of hydrogen-bond acceptors (Lipinski definition) is 3. The molecule has 0 aliphatic rings. The second-order valence-corrected chi connectivity index (χ2v) is 7.23. The second kappa shape index (κ2) is 7.51. The number of rotatable bonds is 7. The highest BCUT2D eigenvalue weighted by molar-refractivity contribution is 7.92. The molecule has 0 saturated carbocycles. The first-order chi connectivity index (χ1) is 10.9. The molecule has 0 fully saturated rings. The minimum Gasteiger partial charge on any atom is -0.493 e. The van der Waals surface area contributed by atoms with Gasteiger partial charge < -0.3 is 4.74 Å². The maximum atomic E-state index is 12.5. The molecule has 0 atom stereocenters. The zero-order chi connectivity index (χ0) is 16.9. The lowest BCUT2D eigenvalue weighted by Gasteiger charge is -2.13. The molecule has 0 aliphatic carbocycles. The maximum absolute atomic E-state index is 12.5. The van der Waals surface area contributed by atoms with Crippen molar-refractivity contribution in [2.45, 2.75) is 38.5 Å². The van der Waals surface area contributed by atoms with Crippen LogP contribution >= 0.6 is 0 Å². The van der Waals surface area contributed by atoms with Crippen molar-refractivity contribution in [3.8, 4) is 5.75 Å². The van der Waals surface area contributed by atoms with Crippen molar-refractivity contribution >= 4 is 15.7 Å². The molecule has 0 saturated heterocycles. The van der Waals surface area contributed by atoms with E-state index in [-0.39, 0.29) is 4.90 Å². The van der Waals surface area contributed by atoms with Crippen LogP contribution in [0.1, 0.15) is 30.9 Å². The van der Waals surface area contributed by atoms with Crippen LogP contribution in [0.3, 0.4) is 0 Å². The van der Waals surface area contributed by atoms with Crippen molar-refractivity contribution < 1.29 is 13.2 Å². The van der Waals surface area contributed by atoms with Gasteiger partial charge in [0.1, 0.15) is 5.75 Å². The summed E-state index contributed by atoms with van der Waals surface area (Å²) in [7, 11) is -3.61. The standard InChI is InChI=1S/C18H23NO3S/c1-4-5-12-22-18-11-10-16(13-15(18)3)23(20,21)19-17-9-7-6-8-14(17)2/h6-11,13,19H,4-5,12H2,1-3H3. The summed E-state index contributed by atoms with van der Waals surface area (Å²) >= 11 is 0. The number of aryl methyl sites for hydroxylation is 2. The Kier molecular flexibility index (Phi) is 5.66. The fraction of sp³-hybridized carbons (Fsp3) is 0.333. The summed E-state index contributed by atoms with van der Waals surface area (Å²) in [5.74, 6) is 0.730. The van der Waals surface area contributed by atoms with Crippen molar-refractivity contribution in [2.24, 2.45) is 0 Å². The van der Waals surface area contributed by atoms with Crippen molar-refractivity contribution in [1.82, 2.24) is 0 Å². The Bertz CT molecular complexity index is 770. The monoisotopic (exact) mass is 333 g/mol. The maximum Gasteiger partial charge on any atom is 0.261 e. The van der Waals surface area contributed by atoms with E-state index in [1.165, 1.54) is 0 Å². The Hall–Kier alpha value is -2.01. The molecule has 124 valence electrons. The van der Waals surface area contributed by atoms with Gasteiger partial charge in [-0.15, -0.1) is 0 Å². The van der Waals surface area contributed by atoms with Gasteiger partial charge in [0.15, 0.2) is 0 Å². The molecule has 2 aromatic rings. The van der Waals surface area contributed by atoms with E-state index in [2.05, 4.69) is 11.6 Å². The molecule has 0 spiro atoms. The van der Waals surface area contributed by atoms with E-state index in [0.717, 1.165) is 29.7 Å². The summed E-state index contributed by atoms with van der Waals surface area (Å²) < 4.78 is 33.4. The van der Waals surface area contributed by atoms with E-state index in [4.69, 9.17) is 4.74 Å². The van der Waals surface area contributed by atoms with Crippen LogP contribution in [0.2, 0.25) is 0 Å². The third kappa shape index (κ3) is 4.48. The van der Waals surface area contributed by atoms with Crippen LogP contribution in [0.4, 0.5) is 5.69 Å². The second-order valence-electron chi connectivity index (χ2n) is 5.55. The Morgan fingerprint density at radius 2 is 1.78 bits per heavy atom. The number of para-hydroxylation sites is 1. The van der Waals surface area contributed by atoms with E-state index in [1.807, 2.05) is 26.0 Å². The van der Waals surface area contributed by atoms with Gasteiger partial charge in [-0.2, -0.15) is 0 Å². The zero-order valence-electron chi connectivity index (χ0n) is 13.8. The van der Waals surface area contributed by atoms with Gasteiger partial charge in [0.25, 0.3) is 10.0 Å². The lowest BCUT2D eigenvalue weighted by molar-refractivity contribution is 0.307. The van der Waals surface area contributed by atoms with Gasteiger partial charge in [-0.05, 0) is 55.7 Å². The molecule has 2 rings (SSSR count). The van der Waals surface area contributed by atoms with E-state index in [9.17, 15) is 8.42 Å². The number of unbranched alkanes of at least 4 members (excludes halogenated alkanes) is 1. The van der Waals surface area contributed by atoms with Crippen molar-refractivity contribution in [2.75, 3.05) is 11.3 Å². The van der Waals surface area contributed by atoms with Crippen molar-refractivity contribution in [3.63, 3.8) is 0 Å². The van der Waals surface area contributed by atoms with Crippen LogP contribution in [0.5, 0.6) is 5.75 Å². The van der Waals surface area contributed by atoms with E-state index < -0.39 is 10.0 Å². The minimum absolute atomic E-state index is 0.237. The first kappa shape index (κ1) is 17.3. The van der Waals surface area contributed by atoms with Gasteiger partial charge in [-0.3, -0.25) is 4.72 Å². The SMILES string of the molecule is CCCCOc1ccc(S(=O)(=O)Nc2ccccc2C)cc1C. The average molecular weight is 333 g/mol. The van der Waals surface area contributed by atoms with Crippen molar-refractivity contribution in [3.05, 3.63) is 53.6 Å². The molecule has 4 nitrogen and oxygen atoms in total. The van der Waals surface area contributed by atoms with Gasteiger partial charge in [-0.25, -0.2) is 8.42 Å². The lowest BCUT2D eigenvalue weighted by atomic mass is 10.2. The van der Waals surface area contributed by atoms with Gasteiger partial charge in [-0.1, -0.05) is 31.5 Å². The summed E-state index contributed by atoms with van der Waals surface area (Å²) in [6.07, 6.45) is 2.04. The number of ether oxygens (including phenoxy) is 1. The number of anilines is 1. The van der Waals surface area contributed by atoms with Gasteiger partial charge in [0, 0.05) is 0 Å².